The third-order valence-corrected chi connectivity index (χ3v) is 24.9. The van der Waals surface area contributed by atoms with Gasteiger partial charge in [0.05, 0.1) is 0 Å². The van der Waals surface area contributed by atoms with E-state index in [0.717, 1.165) is 24.6 Å². The number of benzene rings is 3. The van der Waals surface area contributed by atoms with Crippen LogP contribution in [0.25, 0.3) is 0 Å². The topological polar surface area (TPSA) is 35.5 Å². The molecule has 3 nitrogen and oxygen atoms in total. The molecule has 0 N–H and O–H groups in total. The van der Waals surface area contributed by atoms with Crippen LogP contribution in [0.5, 0.6) is 0 Å². The SMILES string of the molecule is C=C(CCC(C)C)COC(=O)[C@H](CCP(I)(c1ccccc1)(c1ccccc1)c1ccccc1)O[Si](C)(C)C(C)(C)C. The van der Waals surface area contributed by atoms with Crippen molar-refractivity contribution in [3.05, 3.63) is 103 Å². The minimum atomic E-state index is -3.07. The summed E-state index contributed by atoms with van der Waals surface area (Å²) in [6.07, 6.45) is 2.57. The molecule has 1 atom stereocenters. The van der Waals surface area contributed by atoms with Crippen LogP contribution in [-0.2, 0) is 14.0 Å². The van der Waals surface area contributed by atoms with E-state index in [4.69, 9.17) is 9.16 Å². The molecule has 3 aromatic carbocycles. The Morgan fingerprint density at radius 1 is 0.833 bits per heavy atom. The number of carbonyl (C=O) groups is 1. The van der Waals surface area contributed by atoms with Crippen molar-refractivity contribution in [2.24, 2.45) is 5.92 Å². The van der Waals surface area contributed by atoms with Gasteiger partial charge in [-0.3, -0.25) is 0 Å². The van der Waals surface area contributed by atoms with Crippen LogP contribution in [0.15, 0.2) is 103 Å². The first kappa shape index (κ1) is 34.7. The van der Waals surface area contributed by atoms with Crippen molar-refractivity contribution in [2.45, 2.75) is 78.1 Å². The summed E-state index contributed by atoms with van der Waals surface area (Å²) in [6, 6.07) is 32.5. The van der Waals surface area contributed by atoms with Gasteiger partial charge in [-0.25, -0.2) is 0 Å². The summed E-state index contributed by atoms with van der Waals surface area (Å²) >= 11 is 2.78. The number of hydrogen-bond acceptors (Lipinski definition) is 3. The Kier molecular flexibility index (Phi) is 11.8. The van der Waals surface area contributed by atoms with Crippen LogP contribution < -0.4 is 15.9 Å². The zero-order valence-corrected chi connectivity index (χ0v) is 30.7. The van der Waals surface area contributed by atoms with E-state index in [9.17, 15) is 4.79 Å². The van der Waals surface area contributed by atoms with Crippen LogP contribution >= 0.6 is 26.3 Å². The Labute approximate surface area is 269 Å². The van der Waals surface area contributed by atoms with Gasteiger partial charge in [-0.2, -0.15) is 0 Å². The molecule has 3 aromatic rings. The summed E-state index contributed by atoms with van der Waals surface area (Å²) in [5.74, 6) is 0.305. The van der Waals surface area contributed by atoms with E-state index in [1.807, 2.05) is 0 Å². The normalized spacial score (nSPS) is 14.2. The molecule has 0 spiro atoms. The zero-order valence-electron chi connectivity index (χ0n) is 26.6. The minimum absolute atomic E-state index is 0.0411. The number of rotatable bonds is 14. The van der Waals surface area contributed by atoms with Gasteiger partial charge < -0.3 is 0 Å². The van der Waals surface area contributed by atoms with Gasteiger partial charge in [0.2, 0.25) is 0 Å². The predicted octanol–water partition coefficient (Wildman–Crippen LogP) is 9.18. The van der Waals surface area contributed by atoms with E-state index >= 15 is 0 Å². The summed E-state index contributed by atoms with van der Waals surface area (Å²) < 4.78 is 9.77. The number of esters is 1. The summed E-state index contributed by atoms with van der Waals surface area (Å²) in [7, 11) is -2.29. The van der Waals surface area contributed by atoms with Gasteiger partial charge in [0.25, 0.3) is 0 Å². The van der Waals surface area contributed by atoms with Crippen molar-refractivity contribution in [2.75, 3.05) is 12.8 Å². The molecule has 0 saturated heterocycles. The Morgan fingerprint density at radius 2 is 1.26 bits per heavy atom. The van der Waals surface area contributed by atoms with Crippen LogP contribution in [0, 0.1) is 5.92 Å². The number of hydrogen-bond donors (Lipinski definition) is 0. The van der Waals surface area contributed by atoms with Crippen molar-refractivity contribution < 1.29 is 14.0 Å². The summed E-state index contributed by atoms with van der Waals surface area (Å²) in [6.45, 7) is 19.9. The monoisotopic (exact) mass is 716 g/mol. The Hall–Kier alpha value is -1.79. The first-order valence-electron chi connectivity index (χ1n) is 15.1. The third kappa shape index (κ3) is 8.02. The summed E-state index contributed by atoms with van der Waals surface area (Å²) in [5.41, 5.74) is 0.953. The molecule has 6 heteroatoms. The van der Waals surface area contributed by atoms with Crippen LogP contribution in [-0.4, -0.2) is 33.2 Å². The molecule has 0 saturated carbocycles. The second-order valence-electron chi connectivity index (χ2n) is 13.4. The molecule has 0 amide bonds. The van der Waals surface area contributed by atoms with Gasteiger partial charge in [-0.05, 0) is 0 Å². The Morgan fingerprint density at radius 3 is 1.64 bits per heavy atom. The van der Waals surface area contributed by atoms with Crippen molar-refractivity contribution in [1.29, 1.82) is 0 Å². The van der Waals surface area contributed by atoms with Gasteiger partial charge in [0.1, 0.15) is 0 Å². The maximum atomic E-state index is 13.9. The van der Waals surface area contributed by atoms with E-state index in [0.29, 0.717) is 12.3 Å². The number of ether oxygens (including phenoxy) is 1. The summed E-state index contributed by atoms with van der Waals surface area (Å²) in [4.78, 5) is 13.9. The van der Waals surface area contributed by atoms with E-state index in [2.05, 4.69) is 167 Å². The van der Waals surface area contributed by atoms with Crippen LogP contribution in [0.3, 0.4) is 0 Å². The molecule has 0 aromatic heterocycles. The molecule has 0 radical (unpaired) electrons. The van der Waals surface area contributed by atoms with Gasteiger partial charge >= 0.3 is 270 Å². The van der Waals surface area contributed by atoms with Crippen LogP contribution in [0.1, 0.15) is 53.9 Å². The molecule has 0 unspecified atom stereocenters. The van der Waals surface area contributed by atoms with E-state index < -0.39 is 18.7 Å². The van der Waals surface area contributed by atoms with Gasteiger partial charge in [0.15, 0.2) is 0 Å². The zero-order chi connectivity index (χ0) is 31.0. The van der Waals surface area contributed by atoms with Crippen molar-refractivity contribution in [3.63, 3.8) is 0 Å². The second-order valence-corrected chi connectivity index (χ2v) is 28.9. The average molecular weight is 717 g/mol. The van der Waals surface area contributed by atoms with Crippen LogP contribution in [0.2, 0.25) is 18.1 Å². The first-order chi connectivity index (χ1) is 19.7. The fraction of sp³-hybridized carbons (Fsp3) is 0.417. The number of carbonyl (C=O) groups excluding carboxylic acids is 1. The standard InChI is InChI=1S/C36H50IO3PSi/c1-29(2)24-25-30(3)28-39-35(38)34(40-42(7,8)36(4,5)6)26-27-41(37,31-18-12-9-13-19-31,32-20-14-10-15-21-32)33-22-16-11-17-23-33/h9-23,29,34H,3,24-28H2,1-2,4-8H3/t34-/m0/s1. The quantitative estimate of drug-likeness (QED) is 0.0549. The van der Waals surface area contributed by atoms with E-state index in [1.54, 1.807) is 0 Å². The Balaban J connectivity index is 2.07. The third-order valence-electron chi connectivity index (χ3n) is 8.69. The molecular formula is C36H50IO3PSi. The molecular weight excluding hydrogens is 666 g/mol. The molecule has 0 aliphatic carbocycles. The molecule has 0 bridgehead atoms. The second kappa shape index (κ2) is 14.3. The molecule has 228 valence electrons. The molecule has 0 aliphatic heterocycles. The Bertz CT molecular complexity index is 1200. The molecule has 0 fully saturated rings. The van der Waals surface area contributed by atoms with Gasteiger partial charge in [-0.1, -0.05) is 0 Å². The van der Waals surface area contributed by atoms with Crippen molar-refractivity contribution in [1.82, 2.24) is 0 Å². The average Bonchev–Trinajstić information content (AvgIpc) is 2.97. The van der Waals surface area contributed by atoms with Crippen LogP contribution in [0.4, 0.5) is 0 Å². The molecule has 0 heterocycles. The number of halogens is 1. The van der Waals surface area contributed by atoms with Gasteiger partial charge in [-0.15, -0.1) is 0 Å². The van der Waals surface area contributed by atoms with E-state index in [1.165, 1.54) is 15.9 Å². The summed E-state index contributed by atoms with van der Waals surface area (Å²) in [5, 5.41) is 3.84. The maximum absolute atomic E-state index is 13.9. The molecule has 42 heavy (non-hydrogen) atoms. The first-order valence-corrected chi connectivity index (χ1v) is 23.2. The van der Waals surface area contributed by atoms with E-state index in [-0.39, 0.29) is 17.6 Å². The molecule has 3 rings (SSSR count). The fourth-order valence-electron chi connectivity index (χ4n) is 5.00. The predicted molar refractivity (Wildman–Crippen MR) is 195 cm³/mol. The van der Waals surface area contributed by atoms with Crippen molar-refractivity contribution >= 4 is 56.5 Å². The fourth-order valence-corrected chi connectivity index (χ4v) is 14.8. The molecule has 0 aliphatic rings. The van der Waals surface area contributed by atoms with Gasteiger partial charge in [0, 0.05) is 0 Å². The van der Waals surface area contributed by atoms with Crippen molar-refractivity contribution in [3.8, 4) is 0 Å².